The molecule has 0 aliphatic carbocycles. The highest BCUT2D eigenvalue weighted by Crippen LogP contribution is 2.30. The van der Waals surface area contributed by atoms with Crippen LogP contribution in [0.4, 0.5) is 13.2 Å². The maximum Gasteiger partial charge on any atom is 0.433 e. The number of esters is 1. The number of rotatable bonds is 3. The van der Waals surface area contributed by atoms with Crippen LogP contribution >= 0.6 is 15.9 Å². The van der Waals surface area contributed by atoms with Crippen molar-refractivity contribution in [2.45, 2.75) is 17.9 Å². The maximum absolute atomic E-state index is 12.4. The van der Waals surface area contributed by atoms with E-state index >= 15 is 0 Å². The Hall–Kier alpha value is -1.11. The van der Waals surface area contributed by atoms with Gasteiger partial charge in [-0.05, 0) is 19.1 Å². The maximum atomic E-state index is 12.4. The molecule has 0 bridgehead atoms. The van der Waals surface area contributed by atoms with E-state index in [0.717, 1.165) is 6.07 Å². The third-order valence-electron chi connectivity index (χ3n) is 1.81. The molecule has 0 amide bonds. The Morgan fingerprint density at radius 3 is 2.71 bits per heavy atom. The Morgan fingerprint density at radius 1 is 1.53 bits per heavy atom. The third kappa shape index (κ3) is 3.69. The number of ether oxygens (including phenoxy) is 1. The molecule has 1 aromatic heterocycles. The number of aromatic nitrogens is 1. The van der Waals surface area contributed by atoms with Crippen molar-refractivity contribution in [2.24, 2.45) is 0 Å². The predicted octanol–water partition coefficient (Wildman–Crippen LogP) is 3.10. The van der Waals surface area contributed by atoms with Gasteiger partial charge in [0, 0.05) is 0 Å². The second-order valence-corrected chi connectivity index (χ2v) is 3.98. The Morgan fingerprint density at radius 2 is 2.18 bits per heavy atom. The van der Waals surface area contributed by atoms with E-state index in [1.807, 2.05) is 0 Å². The fourth-order valence-electron chi connectivity index (χ4n) is 1.09. The van der Waals surface area contributed by atoms with Gasteiger partial charge < -0.3 is 4.74 Å². The van der Waals surface area contributed by atoms with Crippen molar-refractivity contribution < 1.29 is 22.7 Å². The summed E-state index contributed by atoms with van der Waals surface area (Å²) in [4.78, 5) is 13.7. The van der Waals surface area contributed by atoms with Crippen molar-refractivity contribution >= 4 is 21.9 Å². The highest BCUT2D eigenvalue weighted by atomic mass is 79.9. The lowest BCUT2D eigenvalue weighted by Gasteiger charge is -2.11. The van der Waals surface area contributed by atoms with Crippen LogP contribution in [0.25, 0.3) is 0 Å². The van der Waals surface area contributed by atoms with Gasteiger partial charge in [-0.15, -0.1) is 0 Å². The second kappa shape index (κ2) is 5.48. The highest BCUT2D eigenvalue weighted by molar-refractivity contribution is 9.09. The van der Waals surface area contributed by atoms with Crippen LogP contribution in [0.3, 0.4) is 0 Å². The van der Waals surface area contributed by atoms with Crippen LogP contribution in [0.5, 0.6) is 0 Å². The minimum atomic E-state index is -4.53. The van der Waals surface area contributed by atoms with Crippen molar-refractivity contribution in [2.75, 3.05) is 6.61 Å². The fourth-order valence-corrected chi connectivity index (χ4v) is 1.47. The molecular formula is C10H9BrF3NO2. The summed E-state index contributed by atoms with van der Waals surface area (Å²) in [5.41, 5.74) is -1.07. The number of carbonyl (C=O) groups excluding carboxylic acids is 1. The molecule has 0 radical (unpaired) electrons. The Kier molecular flexibility index (Phi) is 4.50. The van der Waals surface area contributed by atoms with E-state index in [-0.39, 0.29) is 12.3 Å². The molecule has 3 nitrogen and oxygen atoms in total. The molecule has 0 fully saturated rings. The van der Waals surface area contributed by atoms with Crippen LogP contribution in [0.2, 0.25) is 0 Å². The quantitative estimate of drug-likeness (QED) is 0.636. The number of hydrogen-bond donors (Lipinski definition) is 0. The van der Waals surface area contributed by atoms with Gasteiger partial charge in [0.05, 0.1) is 12.3 Å². The molecule has 94 valence electrons. The molecule has 0 aromatic carbocycles. The largest absolute Gasteiger partial charge is 0.465 e. The molecule has 0 saturated heterocycles. The molecule has 1 rings (SSSR count). The third-order valence-corrected chi connectivity index (χ3v) is 2.66. The van der Waals surface area contributed by atoms with E-state index in [1.54, 1.807) is 6.92 Å². The fraction of sp³-hybridized carbons (Fsp3) is 0.400. The molecule has 0 spiro atoms. The van der Waals surface area contributed by atoms with Gasteiger partial charge in [0.2, 0.25) is 0 Å². The zero-order valence-electron chi connectivity index (χ0n) is 8.79. The van der Waals surface area contributed by atoms with Crippen molar-refractivity contribution in [1.29, 1.82) is 0 Å². The summed E-state index contributed by atoms with van der Waals surface area (Å²) in [6.07, 6.45) is -4.53. The summed E-state index contributed by atoms with van der Waals surface area (Å²) >= 11 is 2.95. The Bertz CT molecular complexity index is 409. The lowest BCUT2D eigenvalue weighted by Crippen LogP contribution is -2.15. The summed E-state index contributed by atoms with van der Waals surface area (Å²) in [6.45, 7) is 1.76. The molecule has 17 heavy (non-hydrogen) atoms. The summed E-state index contributed by atoms with van der Waals surface area (Å²) in [5, 5.41) is 0. The minimum Gasteiger partial charge on any atom is -0.465 e. The van der Waals surface area contributed by atoms with Crippen molar-refractivity contribution in [3.05, 3.63) is 29.6 Å². The first-order valence-electron chi connectivity index (χ1n) is 4.71. The van der Waals surface area contributed by atoms with Crippen LogP contribution in [0, 0.1) is 0 Å². The number of alkyl halides is 4. The van der Waals surface area contributed by atoms with Gasteiger partial charge in [-0.3, -0.25) is 4.79 Å². The molecule has 0 aliphatic rings. The zero-order valence-corrected chi connectivity index (χ0v) is 10.4. The Labute approximate surface area is 104 Å². The normalized spacial score (nSPS) is 13.2. The molecule has 7 heteroatoms. The zero-order chi connectivity index (χ0) is 13.1. The minimum absolute atomic E-state index is 0.0294. The van der Waals surface area contributed by atoms with Gasteiger partial charge in [0.15, 0.2) is 4.83 Å². The predicted molar refractivity (Wildman–Crippen MR) is 57.5 cm³/mol. The van der Waals surface area contributed by atoms with Gasteiger partial charge >= 0.3 is 12.1 Å². The van der Waals surface area contributed by atoms with Gasteiger partial charge in [-0.2, -0.15) is 13.2 Å². The highest BCUT2D eigenvalue weighted by Gasteiger charge is 2.33. The average Bonchev–Trinajstić information content (AvgIpc) is 2.27. The number of nitrogens with zero attached hydrogens (tertiary/aromatic N) is 1. The van der Waals surface area contributed by atoms with Gasteiger partial charge in [0.1, 0.15) is 5.69 Å². The van der Waals surface area contributed by atoms with Crippen LogP contribution in [-0.2, 0) is 15.7 Å². The van der Waals surface area contributed by atoms with Crippen LogP contribution < -0.4 is 0 Å². The van der Waals surface area contributed by atoms with Gasteiger partial charge in [-0.25, -0.2) is 4.98 Å². The van der Waals surface area contributed by atoms with Crippen LogP contribution in [-0.4, -0.2) is 17.6 Å². The van der Waals surface area contributed by atoms with E-state index in [1.165, 1.54) is 12.1 Å². The lowest BCUT2D eigenvalue weighted by atomic mass is 10.2. The van der Waals surface area contributed by atoms with E-state index in [2.05, 4.69) is 25.7 Å². The molecule has 1 heterocycles. The topological polar surface area (TPSA) is 39.2 Å². The average molecular weight is 312 g/mol. The van der Waals surface area contributed by atoms with E-state index in [4.69, 9.17) is 0 Å². The standard InChI is InChI=1S/C10H9BrF3NO2/c1-2-17-9(16)8(11)6-4-3-5-7(15-6)10(12,13)14/h3-5,8H,2H2,1H3/t8-/m0/s1. The second-order valence-electron chi connectivity index (χ2n) is 3.06. The number of pyridine rings is 1. The molecule has 0 unspecified atom stereocenters. The molecule has 0 aliphatic heterocycles. The SMILES string of the molecule is CCOC(=O)[C@@H](Br)c1cccc(C(F)(F)F)n1. The molecule has 1 aromatic rings. The van der Waals surface area contributed by atoms with Crippen LogP contribution in [0.15, 0.2) is 18.2 Å². The van der Waals surface area contributed by atoms with E-state index < -0.39 is 22.7 Å². The molecule has 1 atom stereocenters. The van der Waals surface area contributed by atoms with Crippen molar-refractivity contribution in [3.8, 4) is 0 Å². The Balaban J connectivity index is 2.96. The van der Waals surface area contributed by atoms with Crippen LogP contribution in [0.1, 0.15) is 23.1 Å². The van der Waals surface area contributed by atoms with E-state index in [0.29, 0.717) is 0 Å². The smallest absolute Gasteiger partial charge is 0.433 e. The lowest BCUT2D eigenvalue weighted by molar-refractivity contribution is -0.144. The van der Waals surface area contributed by atoms with Crippen molar-refractivity contribution in [1.82, 2.24) is 4.98 Å². The summed E-state index contributed by atoms with van der Waals surface area (Å²) in [7, 11) is 0. The van der Waals surface area contributed by atoms with Crippen molar-refractivity contribution in [3.63, 3.8) is 0 Å². The summed E-state index contributed by atoms with van der Waals surface area (Å²) in [6, 6.07) is 3.36. The number of halogens is 4. The van der Waals surface area contributed by atoms with E-state index in [9.17, 15) is 18.0 Å². The van der Waals surface area contributed by atoms with Gasteiger partial charge in [-0.1, -0.05) is 22.0 Å². The molecular weight excluding hydrogens is 303 g/mol. The first-order chi connectivity index (χ1) is 7.86. The number of hydrogen-bond acceptors (Lipinski definition) is 3. The molecule has 0 N–H and O–H groups in total. The first kappa shape index (κ1) is 14.0. The summed E-state index contributed by atoms with van der Waals surface area (Å²) in [5.74, 6) is -0.667. The summed E-state index contributed by atoms with van der Waals surface area (Å²) < 4.78 is 41.8. The molecule has 0 saturated carbocycles. The monoisotopic (exact) mass is 311 g/mol. The number of carbonyl (C=O) groups is 1. The first-order valence-corrected chi connectivity index (χ1v) is 5.62. The van der Waals surface area contributed by atoms with Gasteiger partial charge in [0.25, 0.3) is 0 Å².